The number of β-amino-alcohol motifs (C(OH)–C–C–N with tert-alkyl or cyclic N) is 1. The van der Waals surface area contributed by atoms with Crippen molar-refractivity contribution in [1.82, 2.24) is 16.0 Å². The minimum atomic E-state index is -1.67. The lowest BCUT2D eigenvalue weighted by Crippen LogP contribution is -2.71. The standard InChI is InChI=1S/C29H55N7O14/c30-6-15-19(40)20(41)17(33)26(46-15)49-23-16(8-38)47-27(21(23)42)50-24-18(39)14(36-28(43)29(44)9-35-10-29)5-13(32)22(24)48-25-12(31)2-1-11(45-25)7-34-3-4-37/h11-27,34-35,37-42,44H,1-10,30-33H2,(H,36,43)/t11-,12+,13-,14+,15-,16+,17+,18-,19+,20+,21+,22+,23+,24+,25+,26+,27-/m0/s1. The van der Waals surface area contributed by atoms with E-state index in [1.807, 2.05) is 0 Å². The van der Waals surface area contributed by atoms with Crippen LogP contribution in [0.25, 0.3) is 0 Å². The number of carbonyl (C=O) groups is 1. The van der Waals surface area contributed by atoms with Gasteiger partial charge in [-0.15, -0.1) is 0 Å². The molecule has 50 heavy (non-hydrogen) atoms. The van der Waals surface area contributed by atoms with Gasteiger partial charge in [0.15, 0.2) is 24.5 Å². The van der Waals surface area contributed by atoms with Gasteiger partial charge >= 0.3 is 0 Å². The molecule has 5 fully saturated rings. The molecule has 4 saturated heterocycles. The molecular weight excluding hydrogens is 670 g/mol. The molecule has 290 valence electrons. The Kier molecular flexibility index (Phi) is 13.8. The molecule has 0 spiro atoms. The zero-order valence-electron chi connectivity index (χ0n) is 27.7. The maximum Gasteiger partial charge on any atom is 0.254 e. The largest absolute Gasteiger partial charge is 0.395 e. The van der Waals surface area contributed by atoms with Gasteiger partial charge in [0, 0.05) is 38.8 Å². The summed E-state index contributed by atoms with van der Waals surface area (Å²) in [6.07, 6.45) is -15.2. The highest BCUT2D eigenvalue weighted by atomic mass is 16.8. The van der Waals surface area contributed by atoms with E-state index in [0.29, 0.717) is 25.9 Å². The van der Waals surface area contributed by atoms with Gasteiger partial charge in [-0.05, 0) is 19.3 Å². The Morgan fingerprint density at radius 3 is 2.14 bits per heavy atom. The number of hydrogen-bond donors (Lipinski definition) is 14. The first-order valence-corrected chi connectivity index (χ1v) is 17.1. The summed E-state index contributed by atoms with van der Waals surface area (Å²) in [5.74, 6) is -0.723. The molecule has 1 aliphatic carbocycles. The summed E-state index contributed by atoms with van der Waals surface area (Å²) in [6.45, 7) is -0.0674. The fraction of sp³-hybridized carbons (Fsp3) is 0.966. The van der Waals surface area contributed by atoms with Crippen molar-refractivity contribution in [2.75, 3.05) is 45.9 Å². The maximum atomic E-state index is 12.9. The molecule has 0 unspecified atom stereocenters. The first-order valence-electron chi connectivity index (χ1n) is 17.1. The third kappa shape index (κ3) is 8.57. The second kappa shape index (κ2) is 17.2. The van der Waals surface area contributed by atoms with Crippen molar-refractivity contribution in [3.05, 3.63) is 0 Å². The topological polar surface area (TPSA) is 354 Å². The summed E-state index contributed by atoms with van der Waals surface area (Å²) in [7, 11) is 0. The molecule has 5 rings (SSSR count). The van der Waals surface area contributed by atoms with Crippen molar-refractivity contribution in [2.24, 2.45) is 22.9 Å². The number of aliphatic hydroxyl groups excluding tert-OH is 6. The van der Waals surface area contributed by atoms with E-state index >= 15 is 0 Å². The molecule has 1 amide bonds. The Balaban J connectivity index is 1.33. The number of nitrogens with one attached hydrogen (secondary N) is 3. The number of nitrogens with two attached hydrogens (primary N) is 4. The molecule has 0 bridgehead atoms. The van der Waals surface area contributed by atoms with Crippen LogP contribution in [0.3, 0.4) is 0 Å². The summed E-state index contributed by atoms with van der Waals surface area (Å²) in [5.41, 5.74) is 23.0. The van der Waals surface area contributed by atoms with Crippen molar-refractivity contribution in [2.45, 2.75) is 129 Å². The molecule has 0 aromatic rings. The number of hydrogen-bond acceptors (Lipinski definition) is 20. The van der Waals surface area contributed by atoms with Crippen molar-refractivity contribution >= 4 is 5.91 Å². The summed E-state index contributed by atoms with van der Waals surface area (Å²) in [5, 5.41) is 82.0. The number of carbonyl (C=O) groups excluding carboxylic acids is 1. The van der Waals surface area contributed by atoms with Crippen LogP contribution in [0.15, 0.2) is 0 Å². The molecule has 0 aromatic carbocycles. The van der Waals surface area contributed by atoms with Crippen LogP contribution in [0.5, 0.6) is 0 Å². The normalized spacial score (nSPS) is 46.3. The Morgan fingerprint density at radius 1 is 0.820 bits per heavy atom. The predicted octanol–water partition coefficient (Wildman–Crippen LogP) is -8.72. The van der Waals surface area contributed by atoms with E-state index in [-0.39, 0.29) is 38.8 Å². The second-order valence-electron chi connectivity index (χ2n) is 13.8. The SMILES string of the molecule is NC[C@@H]1O[C@H](O[C@H]2[C@@H](O)[C@H](O[C@@H]3[C@@H](O)[C@H](NC(=O)C4(O)CNC4)C[C@H](N)[C@H]3O[C@H]3O[C@H](CNCCO)CC[C@H]3N)O[C@@H]2CO)[C@H](N)[C@@H](O)[C@@H]1O. The Morgan fingerprint density at radius 2 is 1.50 bits per heavy atom. The van der Waals surface area contributed by atoms with Gasteiger partial charge in [-0.3, -0.25) is 4.79 Å². The molecule has 5 aliphatic rings. The number of amides is 1. The Hall–Kier alpha value is -1.29. The molecule has 21 heteroatoms. The molecule has 0 radical (unpaired) electrons. The van der Waals surface area contributed by atoms with Gasteiger partial charge in [-0.1, -0.05) is 0 Å². The van der Waals surface area contributed by atoms with Crippen LogP contribution < -0.4 is 38.9 Å². The molecule has 17 atom stereocenters. The number of ether oxygens (including phenoxy) is 6. The highest BCUT2D eigenvalue weighted by Crippen LogP contribution is 2.35. The fourth-order valence-electron chi connectivity index (χ4n) is 6.90. The van der Waals surface area contributed by atoms with Crippen molar-refractivity contribution in [1.29, 1.82) is 0 Å². The lowest BCUT2D eigenvalue weighted by atomic mass is 9.83. The van der Waals surface area contributed by atoms with Crippen LogP contribution in [0, 0.1) is 0 Å². The fourth-order valence-corrected chi connectivity index (χ4v) is 6.90. The average Bonchev–Trinajstić information content (AvgIpc) is 3.38. The molecule has 4 heterocycles. The maximum absolute atomic E-state index is 12.9. The zero-order chi connectivity index (χ0) is 36.3. The molecule has 1 saturated carbocycles. The quantitative estimate of drug-likeness (QED) is 0.0739. The summed E-state index contributed by atoms with van der Waals surface area (Å²) in [4.78, 5) is 12.9. The third-order valence-corrected chi connectivity index (χ3v) is 10.1. The van der Waals surface area contributed by atoms with Gasteiger partial charge in [0.05, 0.1) is 37.4 Å². The highest BCUT2D eigenvalue weighted by molar-refractivity contribution is 5.87. The Bertz CT molecular complexity index is 1100. The molecule has 21 nitrogen and oxygen atoms in total. The van der Waals surface area contributed by atoms with Gasteiger partial charge in [0.1, 0.15) is 54.9 Å². The lowest BCUT2D eigenvalue weighted by molar-refractivity contribution is -0.290. The first kappa shape index (κ1) is 39.9. The van der Waals surface area contributed by atoms with E-state index < -0.39 is 116 Å². The predicted molar refractivity (Wildman–Crippen MR) is 168 cm³/mol. The second-order valence-corrected chi connectivity index (χ2v) is 13.8. The van der Waals surface area contributed by atoms with Crippen LogP contribution in [-0.4, -0.2) is 197 Å². The van der Waals surface area contributed by atoms with Gasteiger partial charge < -0.3 is 103 Å². The van der Waals surface area contributed by atoms with Gasteiger partial charge in [0.25, 0.3) is 5.91 Å². The van der Waals surface area contributed by atoms with Crippen molar-refractivity contribution in [3.63, 3.8) is 0 Å². The summed E-state index contributed by atoms with van der Waals surface area (Å²) < 4.78 is 35.9. The van der Waals surface area contributed by atoms with E-state index in [0.717, 1.165) is 0 Å². The van der Waals surface area contributed by atoms with Crippen LogP contribution in [0.4, 0.5) is 0 Å². The van der Waals surface area contributed by atoms with Crippen molar-refractivity contribution < 1.29 is 69.0 Å². The van der Waals surface area contributed by atoms with E-state index in [9.17, 15) is 35.4 Å². The minimum Gasteiger partial charge on any atom is -0.395 e. The number of aliphatic hydroxyl groups is 7. The van der Waals surface area contributed by atoms with Crippen LogP contribution in [0.2, 0.25) is 0 Å². The van der Waals surface area contributed by atoms with E-state index in [1.165, 1.54) is 0 Å². The molecular formula is C29H55N7O14. The summed E-state index contributed by atoms with van der Waals surface area (Å²) in [6, 6.07) is -3.77. The van der Waals surface area contributed by atoms with Crippen LogP contribution >= 0.6 is 0 Å². The highest BCUT2D eigenvalue weighted by Gasteiger charge is 2.55. The first-order chi connectivity index (χ1) is 23.8. The van der Waals surface area contributed by atoms with Gasteiger partial charge in [-0.25, -0.2) is 0 Å². The van der Waals surface area contributed by atoms with Gasteiger partial charge in [-0.2, -0.15) is 0 Å². The van der Waals surface area contributed by atoms with Gasteiger partial charge in [0.2, 0.25) is 0 Å². The number of rotatable bonds is 14. The van der Waals surface area contributed by atoms with Crippen molar-refractivity contribution in [3.8, 4) is 0 Å². The molecule has 4 aliphatic heterocycles. The molecule has 18 N–H and O–H groups in total. The zero-order valence-corrected chi connectivity index (χ0v) is 27.7. The smallest absolute Gasteiger partial charge is 0.254 e. The minimum absolute atomic E-state index is 0.00312. The van der Waals surface area contributed by atoms with E-state index in [4.69, 9.17) is 56.5 Å². The van der Waals surface area contributed by atoms with E-state index in [2.05, 4.69) is 16.0 Å². The molecule has 0 aromatic heterocycles. The van der Waals surface area contributed by atoms with Crippen LogP contribution in [-0.2, 0) is 33.2 Å². The monoisotopic (exact) mass is 725 g/mol. The third-order valence-electron chi connectivity index (χ3n) is 10.1. The average molecular weight is 726 g/mol. The lowest BCUT2D eigenvalue weighted by Gasteiger charge is -2.47. The van der Waals surface area contributed by atoms with E-state index in [1.54, 1.807) is 0 Å². The summed E-state index contributed by atoms with van der Waals surface area (Å²) >= 11 is 0. The Labute approximate surface area is 288 Å². The van der Waals surface area contributed by atoms with Crippen LogP contribution in [0.1, 0.15) is 19.3 Å².